The van der Waals surface area contributed by atoms with Crippen molar-refractivity contribution in [1.29, 1.82) is 0 Å². The van der Waals surface area contributed by atoms with Crippen molar-refractivity contribution in [3.05, 3.63) is 66.3 Å². The van der Waals surface area contributed by atoms with Gasteiger partial charge in [-0.3, -0.25) is 0 Å². The molecule has 1 aromatic rings. The Labute approximate surface area is 132 Å². The van der Waals surface area contributed by atoms with E-state index in [9.17, 15) is 0 Å². The predicted molar refractivity (Wildman–Crippen MR) is 99.4 cm³/mol. The van der Waals surface area contributed by atoms with Gasteiger partial charge in [0, 0.05) is 0 Å². The lowest BCUT2D eigenvalue weighted by Crippen LogP contribution is -1.85. The third kappa shape index (κ3) is 11.9. The Hall–Kier alpha value is -1.60. The summed E-state index contributed by atoms with van der Waals surface area (Å²) in [4.78, 5) is 0. The number of aliphatic hydroxyl groups excluding tert-OH is 1. The zero-order valence-corrected chi connectivity index (χ0v) is 15.0. The van der Waals surface area contributed by atoms with E-state index < -0.39 is 0 Å². The molecule has 0 spiro atoms. The first-order chi connectivity index (χ1) is 10.3. The molecule has 0 radical (unpaired) electrons. The van der Waals surface area contributed by atoms with Gasteiger partial charge in [0.25, 0.3) is 0 Å². The summed E-state index contributed by atoms with van der Waals surface area (Å²) in [6, 6.07) is 7.88. The van der Waals surface area contributed by atoms with Gasteiger partial charge in [0.05, 0.1) is 6.61 Å². The highest BCUT2D eigenvalue weighted by molar-refractivity contribution is 5.74. The molecule has 0 saturated heterocycles. The van der Waals surface area contributed by atoms with Crippen molar-refractivity contribution < 1.29 is 5.11 Å². The molecule has 120 valence electrons. The van der Waals surface area contributed by atoms with Crippen LogP contribution < -0.4 is 0 Å². The quantitative estimate of drug-likeness (QED) is 0.636. The molecule has 0 fully saturated rings. The number of hydrogen-bond acceptors (Lipinski definition) is 1. The molecule has 0 atom stereocenters. The lowest BCUT2D eigenvalue weighted by atomic mass is 10.0. The van der Waals surface area contributed by atoms with Crippen molar-refractivity contribution in [2.45, 2.75) is 55.1 Å². The maximum absolute atomic E-state index is 8.92. The molecule has 0 heterocycles. The number of benzene rings is 1. The van der Waals surface area contributed by atoms with Gasteiger partial charge in [0.15, 0.2) is 0 Å². The molecule has 0 amide bonds. The first-order valence-electron chi connectivity index (χ1n) is 7.97. The number of aliphatic hydroxyl groups is 1. The van der Waals surface area contributed by atoms with Crippen LogP contribution >= 0.6 is 0 Å². The fourth-order valence-corrected chi connectivity index (χ4v) is 1.33. The highest BCUT2D eigenvalue weighted by atomic mass is 16.3. The largest absolute Gasteiger partial charge is 0.392 e. The smallest absolute Gasteiger partial charge is 0.0681 e. The van der Waals surface area contributed by atoms with Crippen LogP contribution in [0.25, 0.3) is 5.57 Å². The van der Waals surface area contributed by atoms with Crippen LogP contribution in [0.1, 0.15) is 59.6 Å². The first kappa shape index (κ1) is 24.4. The Morgan fingerprint density at radius 2 is 1.48 bits per heavy atom. The molecule has 0 saturated carbocycles. The van der Waals surface area contributed by atoms with Gasteiger partial charge in [-0.2, -0.15) is 0 Å². The van der Waals surface area contributed by atoms with Gasteiger partial charge >= 0.3 is 0 Å². The monoisotopic (exact) mass is 290 g/mol. The van der Waals surface area contributed by atoms with Crippen molar-refractivity contribution in [3.63, 3.8) is 0 Å². The van der Waals surface area contributed by atoms with Crippen LogP contribution in [-0.4, -0.2) is 5.11 Å². The van der Waals surface area contributed by atoms with Crippen molar-refractivity contribution in [3.8, 4) is 0 Å². The molecule has 0 aliphatic rings. The molecule has 0 aromatic heterocycles. The second-order valence-corrected chi connectivity index (χ2v) is 3.19. The third-order valence-electron chi connectivity index (χ3n) is 2.19. The summed E-state index contributed by atoms with van der Waals surface area (Å²) in [6.45, 7) is 17.7. The van der Waals surface area contributed by atoms with Gasteiger partial charge in [0.2, 0.25) is 0 Å². The lowest BCUT2D eigenvalue weighted by Gasteiger charge is -2.02. The molecule has 1 aromatic carbocycles. The Kier molecular flexibility index (Phi) is 24.1. The molecule has 21 heavy (non-hydrogen) atoms. The Morgan fingerprint density at radius 1 is 1.00 bits per heavy atom. The van der Waals surface area contributed by atoms with Gasteiger partial charge in [0.1, 0.15) is 0 Å². The van der Waals surface area contributed by atoms with E-state index in [0.717, 1.165) is 16.7 Å². The maximum atomic E-state index is 8.92. The van der Waals surface area contributed by atoms with Crippen molar-refractivity contribution in [2.75, 3.05) is 0 Å². The summed E-state index contributed by atoms with van der Waals surface area (Å²) in [7, 11) is 0. The van der Waals surface area contributed by atoms with Crippen LogP contribution in [0, 0.1) is 0 Å². The van der Waals surface area contributed by atoms with Crippen molar-refractivity contribution in [1.82, 2.24) is 0 Å². The van der Waals surface area contributed by atoms with Crippen molar-refractivity contribution >= 4 is 5.57 Å². The fraction of sp³-hybridized carbons (Fsp3) is 0.400. The van der Waals surface area contributed by atoms with Crippen LogP contribution in [0.4, 0.5) is 0 Å². The van der Waals surface area contributed by atoms with E-state index in [4.69, 9.17) is 5.11 Å². The molecule has 1 rings (SSSR count). The predicted octanol–water partition coefficient (Wildman–Crippen LogP) is 6.40. The Balaban J connectivity index is -0.000000478. The van der Waals surface area contributed by atoms with Crippen molar-refractivity contribution in [2.24, 2.45) is 0 Å². The second kappa shape index (κ2) is 20.7. The molecular weight excluding hydrogens is 256 g/mol. The average Bonchev–Trinajstić information content (AvgIpc) is 2.61. The number of allylic oxidation sites excluding steroid dienone is 5. The second-order valence-electron chi connectivity index (χ2n) is 3.19. The lowest BCUT2D eigenvalue weighted by molar-refractivity contribution is 0.282. The van der Waals surface area contributed by atoms with Gasteiger partial charge in [-0.15, -0.1) is 0 Å². The third-order valence-corrected chi connectivity index (χ3v) is 2.19. The molecule has 0 aliphatic carbocycles. The van der Waals surface area contributed by atoms with E-state index in [0.29, 0.717) is 0 Å². The topological polar surface area (TPSA) is 20.2 Å². The zero-order valence-electron chi connectivity index (χ0n) is 15.0. The van der Waals surface area contributed by atoms with E-state index in [1.165, 1.54) is 0 Å². The maximum Gasteiger partial charge on any atom is 0.0681 e. The van der Waals surface area contributed by atoms with Crippen LogP contribution in [-0.2, 0) is 6.61 Å². The van der Waals surface area contributed by atoms with Gasteiger partial charge in [-0.25, -0.2) is 0 Å². The van der Waals surface area contributed by atoms with Gasteiger partial charge in [-0.1, -0.05) is 96.7 Å². The molecular formula is C20H34O. The van der Waals surface area contributed by atoms with Gasteiger partial charge < -0.3 is 5.11 Å². The van der Waals surface area contributed by atoms with Gasteiger partial charge in [-0.05, 0) is 23.6 Å². The van der Waals surface area contributed by atoms with Crippen LogP contribution in [0.2, 0.25) is 0 Å². The molecule has 1 nitrogen and oxygen atoms in total. The van der Waals surface area contributed by atoms with E-state index in [2.05, 4.69) is 6.58 Å². The zero-order chi connectivity index (χ0) is 17.1. The van der Waals surface area contributed by atoms with E-state index in [1.54, 1.807) is 6.08 Å². The Bertz CT molecular complexity index is 369. The summed E-state index contributed by atoms with van der Waals surface area (Å²) >= 11 is 0. The minimum Gasteiger partial charge on any atom is -0.392 e. The number of rotatable bonds is 4. The summed E-state index contributed by atoms with van der Waals surface area (Å²) < 4.78 is 0. The van der Waals surface area contributed by atoms with Crippen LogP contribution in [0.5, 0.6) is 0 Å². The molecule has 0 unspecified atom stereocenters. The minimum atomic E-state index is 0.0912. The Morgan fingerprint density at radius 3 is 1.81 bits per heavy atom. The van der Waals surface area contributed by atoms with Crippen LogP contribution in [0.3, 0.4) is 0 Å². The summed E-state index contributed by atoms with van der Waals surface area (Å²) in [6.07, 6.45) is 7.73. The molecule has 0 bridgehead atoms. The van der Waals surface area contributed by atoms with E-state index in [1.807, 2.05) is 91.0 Å². The summed E-state index contributed by atoms with van der Waals surface area (Å²) in [5.74, 6) is 0. The molecule has 0 aliphatic heterocycles. The highest BCUT2D eigenvalue weighted by Gasteiger charge is 1.96. The van der Waals surface area contributed by atoms with E-state index >= 15 is 0 Å². The minimum absolute atomic E-state index is 0.0912. The van der Waals surface area contributed by atoms with Crippen LogP contribution in [0.15, 0.2) is 55.1 Å². The fourth-order valence-electron chi connectivity index (χ4n) is 1.33. The highest BCUT2D eigenvalue weighted by Crippen LogP contribution is 2.16. The SMILES string of the molecule is C=C/C=C\C(=C/C)c1ccc(CO)cc1.CC.CC.CC. The average molecular weight is 290 g/mol. The molecule has 1 heteroatoms. The van der Waals surface area contributed by atoms with E-state index in [-0.39, 0.29) is 6.61 Å². The molecule has 1 N–H and O–H groups in total. The summed E-state index contributed by atoms with van der Waals surface area (Å²) in [5.41, 5.74) is 3.23. The standard InChI is InChI=1S/C14H16O.3C2H6/c1-3-5-6-13(4-2)14-9-7-12(11-15)8-10-14;3*1-2/h3-10,15H,1,11H2,2H3;3*1-2H3/b6-5-,13-4+;;;. The number of hydrogen-bond donors (Lipinski definition) is 1. The summed E-state index contributed by atoms with van der Waals surface area (Å²) in [5, 5.41) is 8.92. The normalized spacial score (nSPS) is 9.43. The first-order valence-corrected chi connectivity index (χ1v) is 7.97.